The van der Waals surface area contributed by atoms with Gasteiger partial charge >= 0.3 is 0 Å². The molecule has 1 aliphatic heterocycles. The van der Waals surface area contributed by atoms with Crippen molar-refractivity contribution >= 4 is 22.4 Å². The van der Waals surface area contributed by atoms with Gasteiger partial charge in [-0.1, -0.05) is 90.5 Å². The number of benzene rings is 3. The van der Waals surface area contributed by atoms with E-state index in [1.54, 1.807) is 0 Å². The number of piperazine rings is 1. The number of hydrogen-bond acceptors (Lipinski definition) is 5. The number of anilines is 1. The van der Waals surface area contributed by atoms with Crippen molar-refractivity contribution in [1.82, 2.24) is 14.8 Å². The first-order valence-corrected chi connectivity index (χ1v) is 12.9. The highest BCUT2D eigenvalue weighted by molar-refractivity contribution is 7.14. The number of thiazole rings is 1. The fraction of sp³-hybridized carbons (Fsp3) is 0.241. The molecule has 0 spiro atoms. The minimum atomic E-state index is -0.00840. The van der Waals surface area contributed by atoms with Gasteiger partial charge in [0.05, 0.1) is 18.3 Å². The van der Waals surface area contributed by atoms with Crippen LogP contribution in [0.1, 0.15) is 22.7 Å². The summed E-state index contributed by atoms with van der Waals surface area (Å²) >= 11 is 1.47. The summed E-state index contributed by atoms with van der Waals surface area (Å²) in [6, 6.07) is 29.9. The SMILES string of the molecule is Cc1ccc(-c2csc(NC(=O)CN3CCN(C(c4ccccc4)c4ccccc4)CC3)n2)cc1. The van der Waals surface area contributed by atoms with Crippen molar-refractivity contribution in [3.05, 3.63) is 107 Å². The molecule has 6 heteroatoms. The lowest BCUT2D eigenvalue weighted by Gasteiger charge is -2.39. The molecule has 1 amide bonds. The highest BCUT2D eigenvalue weighted by Crippen LogP contribution is 2.29. The maximum atomic E-state index is 12.7. The Hall–Kier alpha value is -3.32. The second kappa shape index (κ2) is 11.0. The molecule has 0 unspecified atom stereocenters. The van der Waals surface area contributed by atoms with Crippen LogP contribution in [-0.2, 0) is 4.79 Å². The third kappa shape index (κ3) is 5.85. The molecule has 1 aliphatic rings. The van der Waals surface area contributed by atoms with Crippen LogP contribution in [0.4, 0.5) is 5.13 Å². The number of amides is 1. The molecular weight excluding hydrogens is 452 g/mol. The monoisotopic (exact) mass is 482 g/mol. The first kappa shape index (κ1) is 23.4. The standard InChI is InChI=1S/C29H30N4OS/c1-22-12-14-23(15-13-22)26-21-35-29(30-26)31-27(34)20-32-16-18-33(19-17-32)28(24-8-4-2-5-9-24)25-10-6-3-7-11-25/h2-15,21,28H,16-20H2,1H3,(H,30,31,34). The molecule has 1 saturated heterocycles. The van der Waals surface area contributed by atoms with Gasteiger partial charge in [0.15, 0.2) is 5.13 Å². The molecule has 5 rings (SSSR count). The van der Waals surface area contributed by atoms with Crippen LogP contribution in [0, 0.1) is 6.92 Å². The molecule has 2 heterocycles. The zero-order valence-electron chi connectivity index (χ0n) is 19.9. The van der Waals surface area contributed by atoms with Crippen molar-refractivity contribution in [3.8, 4) is 11.3 Å². The second-order valence-corrected chi connectivity index (χ2v) is 9.85. The lowest BCUT2D eigenvalue weighted by atomic mass is 9.96. The highest BCUT2D eigenvalue weighted by atomic mass is 32.1. The Bertz CT molecular complexity index is 1190. The van der Waals surface area contributed by atoms with E-state index < -0.39 is 0 Å². The Morgan fingerprint density at radius 3 is 2.09 bits per heavy atom. The Morgan fingerprint density at radius 2 is 1.49 bits per heavy atom. The zero-order chi connectivity index (χ0) is 24.0. The Morgan fingerprint density at radius 1 is 0.886 bits per heavy atom. The number of aromatic nitrogens is 1. The zero-order valence-corrected chi connectivity index (χ0v) is 20.7. The van der Waals surface area contributed by atoms with E-state index in [4.69, 9.17) is 0 Å². The molecule has 0 radical (unpaired) electrons. The van der Waals surface area contributed by atoms with Crippen LogP contribution in [-0.4, -0.2) is 53.4 Å². The first-order chi connectivity index (χ1) is 17.2. The number of nitrogens with zero attached hydrogens (tertiary/aromatic N) is 3. The van der Waals surface area contributed by atoms with Crippen LogP contribution < -0.4 is 5.32 Å². The van der Waals surface area contributed by atoms with Gasteiger partial charge in [-0.15, -0.1) is 11.3 Å². The van der Waals surface area contributed by atoms with Gasteiger partial charge in [0.2, 0.25) is 5.91 Å². The molecule has 4 aromatic rings. The van der Waals surface area contributed by atoms with Crippen LogP contribution in [0.2, 0.25) is 0 Å². The van der Waals surface area contributed by atoms with E-state index in [1.807, 2.05) is 5.38 Å². The molecule has 1 fully saturated rings. The van der Waals surface area contributed by atoms with E-state index >= 15 is 0 Å². The van der Waals surface area contributed by atoms with Crippen molar-refractivity contribution in [2.24, 2.45) is 0 Å². The first-order valence-electron chi connectivity index (χ1n) is 12.0. The summed E-state index contributed by atoms with van der Waals surface area (Å²) in [5.74, 6) is -0.00840. The maximum Gasteiger partial charge on any atom is 0.240 e. The third-order valence-electron chi connectivity index (χ3n) is 6.47. The Labute approximate surface area is 211 Å². The number of rotatable bonds is 7. The van der Waals surface area contributed by atoms with E-state index in [0.29, 0.717) is 11.7 Å². The van der Waals surface area contributed by atoms with Crippen molar-refractivity contribution in [3.63, 3.8) is 0 Å². The van der Waals surface area contributed by atoms with E-state index in [1.165, 1.54) is 28.0 Å². The maximum absolute atomic E-state index is 12.7. The molecule has 0 atom stereocenters. The third-order valence-corrected chi connectivity index (χ3v) is 7.23. The molecule has 0 saturated carbocycles. The summed E-state index contributed by atoms with van der Waals surface area (Å²) in [5, 5.41) is 5.63. The smallest absolute Gasteiger partial charge is 0.240 e. The molecule has 5 nitrogen and oxygen atoms in total. The highest BCUT2D eigenvalue weighted by Gasteiger charge is 2.27. The van der Waals surface area contributed by atoms with Gasteiger partial charge in [0, 0.05) is 37.1 Å². The lowest BCUT2D eigenvalue weighted by molar-refractivity contribution is -0.117. The summed E-state index contributed by atoms with van der Waals surface area (Å²) in [4.78, 5) is 22.1. The number of hydrogen-bond donors (Lipinski definition) is 1. The van der Waals surface area contributed by atoms with Crippen molar-refractivity contribution in [2.75, 3.05) is 38.0 Å². The van der Waals surface area contributed by atoms with Crippen LogP contribution in [0.15, 0.2) is 90.3 Å². The molecule has 3 aromatic carbocycles. The van der Waals surface area contributed by atoms with Crippen LogP contribution >= 0.6 is 11.3 Å². The summed E-state index contributed by atoms with van der Waals surface area (Å²) in [6.07, 6.45) is 0. The van der Waals surface area contributed by atoms with E-state index in [-0.39, 0.29) is 11.9 Å². The van der Waals surface area contributed by atoms with E-state index in [9.17, 15) is 4.79 Å². The van der Waals surface area contributed by atoms with Crippen LogP contribution in [0.5, 0.6) is 0 Å². The molecule has 35 heavy (non-hydrogen) atoms. The van der Waals surface area contributed by atoms with Gasteiger partial charge in [0.1, 0.15) is 0 Å². The normalized spacial score (nSPS) is 14.8. The molecule has 178 valence electrons. The quantitative estimate of drug-likeness (QED) is 0.380. The number of carbonyl (C=O) groups excluding carboxylic acids is 1. The minimum absolute atomic E-state index is 0.00840. The Kier molecular flexibility index (Phi) is 7.33. The van der Waals surface area contributed by atoms with Gasteiger partial charge in [-0.3, -0.25) is 14.6 Å². The van der Waals surface area contributed by atoms with Gasteiger partial charge in [-0.2, -0.15) is 0 Å². The van der Waals surface area contributed by atoms with Gasteiger partial charge < -0.3 is 5.32 Å². The molecular formula is C29H30N4OS. The molecule has 1 N–H and O–H groups in total. The predicted molar refractivity (Wildman–Crippen MR) is 144 cm³/mol. The van der Waals surface area contributed by atoms with Crippen molar-refractivity contribution in [2.45, 2.75) is 13.0 Å². The fourth-order valence-corrected chi connectivity index (χ4v) is 5.35. The van der Waals surface area contributed by atoms with E-state index in [0.717, 1.165) is 37.4 Å². The summed E-state index contributed by atoms with van der Waals surface area (Å²) < 4.78 is 0. The molecule has 0 aliphatic carbocycles. The van der Waals surface area contributed by atoms with Gasteiger partial charge in [0.25, 0.3) is 0 Å². The largest absolute Gasteiger partial charge is 0.301 e. The summed E-state index contributed by atoms with van der Waals surface area (Å²) in [7, 11) is 0. The number of nitrogens with one attached hydrogen (secondary N) is 1. The fourth-order valence-electron chi connectivity index (χ4n) is 4.61. The average Bonchev–Trinajstić information content (AvgIpc) is 3.35. The topological polar surface area (TPSA) is 48.5 Å². The average molecular weight is 483 g/mol. The molecule has 0 bridgehead atoms. The Balaban J connectivity index is 1.17. The van der Waals surface area contributed by atoms with Crippen LogP contribution in [0.3, 0.4) is 0 Å². The molecule has 1 aromatic heterocycles. The predicted octanol–water partition coefficient (Wildman–Crippen LogP) is 5.46. The number of carbonyl (C=O) groups is 1. The minimum Gasteiger partial charge on any atom is -0.301 e. The lowest BCUT2D eigenvalue weighted by Crippen LogP contribution is -2.49. The second-order valence-electron chi connectivity index (χ2n) is 8.99. The van der Waals surface area contributed by atoms with Crippen LogP contribution in [0.25, 0.3) is 11.3 Å². The van der Waals surface area contributed by atoms with Gasteiger partial charge in [-0.25, -0.2) is 4.98 Å². The summed E-state index contributed by atoms with van der Waals surface area (Å²) in [6.45, 7) is 5.99. The van der Waals surface area contributed by atoms with E-state index in [2.05, 4.69) is 112 Å². The van der Waals surface area contributed by atoms with Gasteiger partial charge in [-0.05, 0) is 18.1 Å². The van der Waals surface area contributed by atoms with Crippen molar-refractivity contribution < 1.29 is 4.79 Å². The number of aryl methyl sites for hydroxylation is 1. The van der Waals surface area contributed by atoms with Crippen molar-refractivity contribution in [1.29, 1.82) is 0 Å². The summed E-state index contributed by atoms with van der Waals surface area (Å²) in [5.41, 5.74) is 5.79.